The van der Waals surface area contributed by atoms with Gasteiger partial charge in [-0.3, -0.25) is 4.79 Å². The quantitative estimate of drug-likeness (QED) is 0.530. The summed E-state index contributed by atoms with van der Waals surface area (Å²) in [6, 6.07) is 12.2. The van der Waals surface area contributed by atoms with Crippen LogP contribution in [0.25, 0.3) is 0 Å². The predicted octanol–water partition coefficient (Wildman–Crippen LogP) is 2.68. The van der Waals surface area contributed by atoms with Crippen molar-refractivity contribution < 1.29 is 27.4 Å². The van der Waals surface area contributed by atoms with Crippen LogP contribution in [0, 0.1) is 13.8 Å². The summed E-state index contributed by atoms with van der Waals surface area (Å²) in [4.78, 5) is 12.7. The molecule has 2 aromatic carbocycles. The summed E-state index contributed by atoms with van der Waals surface area (Å²) in [5.41, 5.74) is 2.13. The highest BCUT2D eigenvalue weighted by atomic mass is 32.2. The Bertz CT molecular complexity index is 1030. The van der Waals surface area contributed by atoms with Crippen LogP contribution in [0.5, 0.6) is 11.5 Å². The normalized spacial score (nSPS) is 15.6. The van der Waals surface area contributed by atoms with E-state index < -0.39 is 16.1 Å². The first kappa shape index (κ1) is 25.0. The van der Waals surface area contributed by atoms with Crippen LogP contribution >= 0.6 is 0 Å². The summed E-state index contributed by atoms with van der Waals surface area (Å²) in [6.45, 7) is 7.94. The number of sulfonamides is 1. The van der Waals surface area contributed by atoms with Crippen molar-refractivity contribution in [3.63, 3.8) is 0 Å². The molecule has 0 unspecified atom stereocenters. The van der Waals surface area contributed by atoms with E-state index in [9.17, 15) is 13.2 Å². The van der Waals surface area contributed by atoms with E-state index in [1.54, 1.807) is 12.1 Å². The Morgan fingerprint density at radius 3 is 2.45 bits per heavy atom. The molecule has 0 aliphatic carbocycles. The number of benzene rings is 2. The molecule has 1 fully saturated rings. The van der Waals surface area contributed by atoms with Crippen LogP contribution < -0.4 is 14.8 Å². The molecule has 8 nitrogen and oxygen atoms in total. The highest BCUT2D eigenvalue weighted by molar-refractivity contribution is 7.89. The van der Waals surface area contributed by atoms with Crippen molar-refractivity contribution in [2.24, 2.45) is 0 Å². The molecular formula is C24H32N2O6S. The van der Waals surface area contributed by atoms with Gasteiger partial charge in [0.25, 0.3) is 5.91 Å². The molecular weight excluding hydrogens is 444 g/mol. The van der Waals surface area contributed by atoms with Crippen LogP contribution in [0.3, 0.4) is 0 Å². The zero-order chi connectivity index (χ0) is 23.8. The first-order valence-corrected chi connectivity index (χ1v) is 12.6. The lowest BCUT2D eigenvalue weighted by atomic mass is 10.1. The maximum Gasteiger partial charge on any atom is 0.261 e. The molecule has 1 heterocycles. The number of ether oxygens (including phenoxy) is 3. The van der Waals surface area contributed by atoms with Gasteiger partial charge in [0.05, 0.1) is 24.7 Å². The monoisotopic (exact) mass is 476 g/mol. The number of nitrogens with one attached hydrogen (secondary N) is 1. The van der Waals surface area contributed by atoms with Gasteiger partial charge in [-0.15, -0.1) is 0 Å². The number of hydrogen-bond donors (Lipinski definition) is 1. The van der Waals surface area contributed by atoms with E-state index in [1.807, 2.05) is 39.0 Å². The molecule has 0 saturated carbocycles. The van der Waals surface area contributed by atoms with E-state index >= 15 is 0 Å². The molecule has 1 atom stereocenters. The number of rotatable bonds is 10. The van der Waals surface area contributed by atoms with Crippen molar-refractivity contribution in [2.45, 2.75) is 38.2 Å². The van der Waals surface area contributed by atoms with E-state index in [0.717, 1.165) is 11.1 Å². The molecule has 1 saturated heterocycles. The predicted molar refractivity (Wildman–Crippen MR) is 125 cm³/mol. The maximum absolute atomic E-state index is 12.7. The summed E-state index contributed by atoms with van der Waals surface area (Å²) in [7, 11) is -3.53. The molecule has 33 heavy (non-hydrogen) atoms. The van der Waals surface area contributed by atoms with Crippen molar-refractivity contribution in [2.75, 3.05) is 39.5 Å². The fraction of sp³-hybridized carbons (Fsp3) is 0.458. The molecule has 2 aromatic rings. The van der Waals surface area contributed by atoms with E-state index in [2.05, 4.69) is 5.32 Å². The zero-order valence-electron chi connectivity index (χ0n) is 19.4. The van der Waals surface area contributed by atoms with Crippen molar-refractivity contribution >= 4 is 15.9 Å². The van der Waals surface area contributed by atoms with Crippen LogP contribution in [0.4, 0.5) is 0 Å². The van der Waals surface area contributed by atoms with Gasteiger partial charge >= 0.3 is 0 Å². The van der Waals surface area contributed by atoms with Crippen molar-refractivity contribution in [1.82, 2.24) is 9.62 Å². The highest BCUT2D eigenvalue weighted by Crippen LogP contribution is 2.22. The van der Waals surface area contributed by atoms with Crippen LogP contribution in [0.1, 0.15) is 24.5 Å². The Morgan fingerprint density at radius 1 is 1.12 bits per heavy atom. The molecule has 1 amide bonds. The Kier molecular flexibility index (Phi) is 8.71. The zero-order valence-corrected chi connectivity index (χ0v) is 20.2. The second kappa shape index (κ2) is 11.5. The Labute approximate surface area is 195 Å². The van der Waals surface area contributed by atoms with E-state index in [1.165, 1.54) is 16.4 Å². The number of nitrogens with zero attached hydrogens (tertiary/aromatic N) is 1. The minimum atomic E-state index is -3.53. The standard InChI is InChI=1S/C24H32N2O6S/c1-4-22(32-23-10-5-18(2)17-19(23)3)24(27)25-11-14-31-20-6-8-21(9-7-20)33(28,29)26-12-15-30-16-13-26/h5-10,17,22H,4,11-16H2,1-3H3,(H,25,27)/t22-/m1/s1. The highest BCUT2D eigenvalue weighted by Gasteiger charge is 2.26. The Morgan fingerprint density at radius 2 is 1.82 bits per heavy atom. The smallest absolute Gasteiger partial charge is 0.261 e. The van der Waals surface area contributed by atoms with Gasteiger partial charge in [-0.2, -0.15) is 4.31 Å². The largest absolute Gasteiger partial charge is 0.492 e. The second-order valence-corrected chi connectivity index (χ2v) is 9.85. The lowest BCUT2D eigenvalue weighted by molar-refractivity contribution is -0.128. The summed E-state index contributed by atoms with van der Waals surface area (Å²) in [5.74, 6) is 1.03. The SMILES string of the molecule is CC[C@@H](Oc1ccc(C)cc1C)C(=O)NCCOc1ccc(S(=O)(=O)N2CCOCC2)cc1. The minimum Gasteiger partial charge on any atom is -0.492 e. The van der Waals surface area contributed by atoms with Gasteiger partial charge in [-0.05, 0) is 56.2 Å². The second-order valence-electron chi connectivity index (χ2n) is 7.91. The third kappa shape index (κ3) is 6.69. The molecule has 0 spiro atoms. The molecule has 0 aromatic heterocycles. The lowest BCUT2D eigenvalue weighted by Gasteiger charge is -2.26. The fourth-order valence-electron chi connectivity index (χ4n) is 3.51. The van der Waals surface area contributed by atoms with Crippen LogP contribution in [-0.4, -0.2) is 64.2 Å². The van der Waals surface area contributed by atoms with Crippen LogP contribution in [-0.2, 0) is 19.6 Å². The van der Waals surface area contributed by atoms with Gasteiger partial charge in [0.15, 0.2) is 6.10 Å². The number of hydrogen-bond acceptors (Lipinski definition) is 6. The average molecular weight is 477 g/mol. The molecule has 9 heteroatoms. The molecule has 1 N–H and O–H groups in total. The van der Waals surface area contributed by atoms with Crippen LogP contribution in [0.15, 0.2) is 47.4 Å². The molecule has 0 radical (unpaired) electrons. The number of amides is 1. The Balaban J connectivity index is 1.46. The maximum atomic E-state index is 12.7. The lowest BCUT2D eigenvalue weighted by Crippen LogP contribution is -2.40. The number of aryl methyl sites for hydroxylation is 2. The number of carbonyl (C=O) groups excluding carboxylic acids is 1. The molecule has 180 valence electrons. The molecule has 0 bridgehead atoms. The van der Waals surface area contributed by atoms with Gasteiger partial charge in [-0.25, -0.2) is 8.42 Å². The Hall–Kier alpha value is -2.62. The van der Waals surface area contributed by atoms with E-state index in [4.69, 9.17) is 14.2 Å². The third-order valence-electron chi connectivity index (χ3n) is 5.36. The minimum absolute atomic E-state index is 0.201. The third-order valence-corrected chi connectivity index (χ3v) is 7.28. The van der Waals surface area contributed by atoms with Crippen LogP contribution in [0.2, 0.25) is 0 Å². The summed E-state index contributed by atoms with van der Waals surface area (Å²) in [6.07, 6.45) is -0.0462. The molecule has 1 aliphatic rings. The first-order valence-electron chi connectivity index (χ1n) is 11.1. The first-order chi connectivity index (χ1) is 15.8. The topological polar surface area (TPSA) is 94.2 Å². The molecule has 3 rings (SSSR count). The average Bonchev–Trinajstić information content (AvgIpc) is 2.82. The van der Waals surface area contributed by atoms with Crippen molar-refractivity contribution in [1.29, 1.82) is 0 Å². The van der Waals surface area contributed by atoms with Gasteiger partial charge in [0.2, 0.25) is 10.0 Å². The van der Waals surface area contributed by atoms with Crippen molar-refractivity contribution in [3.8, 4) is 11.5 Å². The van der Waals surface area contributed by atoms with Gasteiger partial charge < -0.3 is 19.5 Å². The van der Waals surface area contributed by atoms with Crippen molar-refractivity contribution in [3.05, 3.63) is 53.6 Å². The van der Waals surface area contributed by atoms with Gasteiger partial charge in [-0.1, -0.05) is 24.6 Å². The number of carbonyl (C=O) groups is 1. The molecule has 1 aliphatic heterocycles. The van der Waals surface area contributed by atoms with E-state index in [0.29, 0.717) is 50.8 Å². The fourth-order valence-corrected chi connectivity index (χ4v) is 4.92. The van der Waals surface area contributed by atoms with Gasteiger partial charge in [0.1, 0.15) is 18.1 Å². The van der Waals surface area contributed by atoms with E-state index in [-0.39, 0.29) is 17.4 Å². The summed E-state index contributed by atoms with van der Waals surface area (Å²) < 4.78 is 43.5. The van der Waals surface area contributed by atoms with Gasteiger partial charge in [0, 0.05) is 13.1 Å². The summed E-state index contributed by atoms with van der Waals surface area (Å²) >= 11 is 0. The number of morpholine rings is 1. The summed E-state index contributed by atoms with van der Waals surface area (Å²) in [5, 5.41) is 2.83.